The topological polar surface area (TPSA) is 44.1 Å². The van der Waals surface area contributed by atoms with Crippen molar-refractivity contribution in [2.24, 2.45) is 0 Å². The van der Waals surface area contributed by atoms with E-state index in [2.05, 4.69) is 21.0 Å². The van der Waals surface area contributed by atoms with Crippen LogP contribution in [0.1, 0.15) is 15.4 Å². The highest BCUT2D eigenvalue weighted by Gasteiger charge is 2.18. The number of para-hydroxylation sites is 1. The Morgan fingerprint density at radius 3 is 2.59 bits per heavy atom. The Balaban J connectivity index is 1.48. The molecule has 3 aromatic carbocycles. The van der Waals surface area contributed by atoms with Gasteiger partial charge < -0.3 is 4.74 Å². The minimum atomic E-state index is -0.360. The molecule has 29 heavy (non-hydrogen) atoms. The molecular formula is C23H15BrN2O2S. The number of esters is 1. The fourth-order valence-electron chi connectivity index (χ4n) is 3.31. The highest BCUT2D eigenvalue weighted by Crippen LogP contribution is 2.31. The smallest absolute Gasteiger partial charge is 0.353 e. The first-order valence-corrected chi connectivity index (χ1v) is 10.7. The van der Waals surface area contributed by atoms with Gasteiger partial charge in [-0.05, 0) is 60.2 Å². The number of rotatable bonds is 3. The summed E-state index contributed by atoms with van der Waals surface area (Å²) in [5.74, 6) is 0.172. The summed E-state index contributed by atoms with van der Waals surface area (Å²) in [6, 6.07) is 23.4. The summed E-state index contributed by atoms with van der Waals surface area (Å²) in [5.41, 5.74) is 1.85. The molecule has 0 saturated heterocycles. The Bertz CT molecular complexity index is 1370. The van der Waals surface area contributed by atoms with Gasteiger partial charge in [-0.1, -0.05) is 46.3 Å². The Morgan fingerprint density at radius 2 is 1.76 bits per heavy atom. The summed E-state index contributed by atoms with van der Waals surface area (Å²) < 4.78 is 8.54. The first-order chi connectivity index (χ1) is 14.1. The highest BCUT2D eigenvalue weighted by molar-refractivity contribution is 9.10. The van der Waals surface area contributed by atoms with Crippen molar-refractivity contribution in [2.45, 2.75) is 6.92 Å². The molecule has 2 heterocycles. The van der Waals surface area contributed by atoms with Crippen LogP contribution >= 0.6 is 27.3 Å². The Labute approximate surface area is 179 Å². The fourth-order valence-corrected chi connectivity index (χ4v) is 4.75. The quantitative estimate of drug-likeness (QED) is 0.226. The fraction of sp³-hybridized carbons (Fsp3) is 0.0435. The predicted octanol–water partition coefficient (Wildman–Crippen LogP) is 6.53. The first-order valence-electron chi connectivity index (χ1n) is 9.04. The maximum absolute atomic E-state index is 12.8. The van der Waals surface area contributed by atoms with E-state index >= 15 is 0 Å². The van der Waals surface area contributed by atoms with Gasteiger partial charge in [0.25, 0.3) is 0 Å². The lowest BCUT2D eigenvalue weighted by Gasteiger charge is -2.05. The first kappa shape index (κ1) is 18.1. The third-order valence-corrected chi connectivity index (χ3v) is 6.31. The van der Waals surface area contributed by atoms with Crippen molar-refractivity contribution in [3.63, 3.8) is 0 Å². The van der Waals surface area contributed by atoms with Crippen LogP contribution in [0.4, 0.5) is 0 Å². The minimum Gasteiger partial charge on any atom is -0.422 e. The molecule has 0 unspecified atom stereocenters. The molecule has 5 aromatic rings. The lowest BCUT2D eigenvalue weighted by atomic mass is 10.1. The highest BCUT2D eigenvalue weighted by atomic mass is 79.9. The van der Waals surface area contributed by atoms with E-state index in [1.165, 1.54) is 11.3 Å². The van der Waals surface area contributed by atoms with Crippen LogP contribution in [0.5, 0.6) is 5.75 Å². The zero-order chi connectivity index (χ0) is 20.0. The minimum absolute atomic E-state index is 0.360. The third kappa shape index (κ3) is 3.34. The average molecular weight is 463 g/mol. The second kappa shape index (κ2) is 7.13. The van der Waals surface area contributed by atoms with Crippen LogP contribution in [0.15, 0.2) is 77.3 Å². The largest absolute Gasteiger partial charge is 0.422 e. The lowest BCUT2D eigenvalue weighted by Crippen LogP contribution is -2.06. The number of ether oxygens (including phenoxy) is 1. The Morgan fingerprint density at radius 1 is 1.00 bits per heavy atom. The summed E-state index contributed by atoms with van der Waals surface area (Å²) in [7, 11) is 0. The number of carbonyl (C=O) groups excluding carboxylic acids is 1. The number of fused-ring (bicyclic) bond motifs is 2. The molecule has 2 aromatic heterocycles. The number of thiophene rings is 1. The van der Waals surface area contributed by atoms with E-state index < -0.39 is 0 Å². The van der Waals surface area contributed by atoms with Crippen LogP contribution in [-0.4, -0.2) is 15.7 Å². The molecule has 0 fully saturated rings. The van der Waals surface area contributed by atoms with Gasteiger partial charge in [0.2, 0.25) is 0 Å². The second-order valence-electron chi connectivity index (χ2n) is 6.71. The van der Waals surface area contributed by atoms with Gasteiger partial charge in [-0.15, -0.1) is 11.3 Å². The molecule has 0 saturated carbocycles. The van der Waals surface area contributed by atoms with E-state index in [4.69, 9.17) is 4.74 Å². The van der Waals surface area contributed by atoms with Gasteiger partial charge in [0.15, 0.2) is 0 Å². The Kier molecular flexibility index (Phi) is 4.45. The molecule has 0 radical (unpaired) electrons. The van der Waals surface area contributed by atoms with E-state index in [-0.39, 0.29) is 5.97 Å². The SMILES string of the molecule is Cc1nn(-c2ccccc2)c2sc(C(=O)Oc3ccc4cc(Br)ccc4c3)cc12. The average Bonchev–Trinajstić information content (AvgIpc) is 3.30. The molecule has 6 heteroatoms. The van der Waals surface area contributed by atoms with E-state index in [0.717, 1.165) is 36.8 Å². The van der Waals surface area contributed by atoms with E-state index in [9.17, 15) is 4.79 Å². The molecule has 0 amide bonds. The van der Waals surface area contributed by atoms with Gasteiger partial charge in [-0.2, -0.15) is 5.10 Å². The lowest BCUT2D eigenvalue weighted by molar-refractivity contribution is 0.0740. The van der Waals surface area contributed by atoms with Gasteiger partial charge in [-0.25, -0.2) is 9.48 Å². The molecule has 4 nitrogen and oxygen atoms in total. The molecule has 0 aliphatic heterocycles. The number of aryl methyl sites for hydroxylation is 1. The summed E-state index contributed by atoms with van der Waals surface area (Å²) in [6.45, 7) is 1.95. The molecule has 0 spiro atoms. The normalized spacial score (nSPS) is 11.2. The molecule has 142 valence electrons. The number of aromatic nitrogens is 2. The van der Waals surface area contributed by atoms with Crippen LogP contribution in [0, 0.1) is 6.92 Å². The Hall–Kier alpha value is -2.96. The van der Waals surface area contributed by atoms with E-state index in [0.29, 0.717) is 10.6 Å². The molecular weight excluding hydrogens is 448 g/mol. The predicted molar refractivity (Wildman–Crippen MR) is 120 cm³/mol. The summed E-state index contributed by atoms with van der Waals surface area (Å²) in [6.07, 6.45) is 0. The van der Waals surface area contributed by atoms with E-state index in [1.807, 2.05) is 84.4 Å². The van der Waals surface area contributed by atoms with Gasteiger partial charge >= 0.3 is 5.97 Å². The zero-order valence-electron chi connectivity index (χ0n) is 15.4. The van der Waals surface area contributed by atoms with Gasteiger partial charge in [0.05, 0.1) is 11.4 Å². The van der Waals surface area contributed by atoms with Crippen molar-refractivity contribution in [3.05, 3.63) is 87.8 Å². The number of carbonyl (C=O) groups is 1. The van der Waals surface area contributed by atoms with Crippen molar-refractivity contribution >= 4 is 54.2 Å². The molecule has 0 bridgehead atoms. The van der Waals surface area contributed by atoms with Crippen LogP contribution in [0.25, 0.3) is 26.7 Å². The molecule has 0 atom stereocenters. The number of hydrogen-bond donors (Lipinski definition) is 0. The summed E-state index contributed by atoms with van der Waals surface area (Å²) >= 11 is 4.86. The second-order valence-corrected chi connectivity index (χ2v) is 8.65. The van der Waals surface area contributed by atoms with Gasteiger partial charge in [0.1, 0.15) is 15.5 Å². The molecule has 0 aliphatic rings. The van der Waals surface area contributed by atoms with E-state index in [1.54, 1.807) is 0 Å². The van der Waals surface area contributed by atoms with Crippen molar-refractivity contribution in [1.29, 1.82) is 0 Å². The van der Waals surface area contributed by atoms with Crippen molar-refractivity contribution < 1.29 is 9.53 Å². The van der Waals surface area contributed by atoms with Gasteiger partial charge in [-0.3, -0.25) is 0 Å². The summed E-state index contributed by atoms with van der Waals surface area (Å²) in [5, 5.41) is 7.69. The molecule has 0 aliphatic carbocycles. The van der Waals surface area contributed by atoms with Crippen LogP contribution in [0.2, 0.25) is 0 Å². The zero-order valence-corrected chi connectivity index (χ0v) is 17.8. The third-order valence-electron chi connectivity index (χ3n) is 4.73. The summed E-state index contributed by atoms with van der Waals surface area (Å²) in [4.78, 5) is 14.3. The standard InChI is InChI=1S/C23H15BrN2O2S/c1-14-20-13-21(29-22(20)26(25-14)18-5-3-2-4-6-18)23(27)28-19-10-8-15-11-17(24)9-7-16(15)12-19/h2-13H,1H3. The van der Waals surface area contributed by atoms with Crippen LogP contribution < -0.4 is 4.74 Å². The molecule has 5 rings (SSSR count). The number of halogens is 1. The van der Waals surface area contributed by atoms with Crippen LogP contribution in [0.3, 0.4) is 0 Å². The number of nitrogens with zero attached hydrogens (tertiary/aromatic N) is 2. The number of hydrogen-bond acceptors (Lipinski definition) is 4. The maximum Gasteiger partial charge on any atom is 0.353 e. The van der Waals surface area contributed by atoms with Crippen molar-refractivity contribution in [3.8, 4) is 11.4 Å². The van der Waals surface area contributed by atoms with Crippen molar-refractivity contribution in [2.75, 3.05) is 0 Å². The van der Waals surface area contributed by atoms with Crippen molar-refractivity contribution in [1.82, 2.24) is 9.78 Å². The maximum atomic E-state index is 12.8. The van der Waals surface area contributed by atoms with Gasteiger partial charge in [0, 0.05) is 9.86 Å². The van der Waals surface area contributed by atoms with Crippen LogP contribution in [-0.2, 0) is 0 Å². The monoisotopic (exact) mass is 462 g/mol. The number of benzene rings is 3. The molecule has 0 N–H and O–H groups in total.